The SMILES string of the molecule is COC(=O)CC1CC(N2CCc3nc(-c4ccc(OCc5ccccc5)cc4)ncc3C2)C1. The van der Waals surface area contributed by atoms with Gasteiger partial charge >= 0.3 is 5.97 Å². The second-order valence-electron chi connectivity index (χ2n) is 8.96. The molecule has 1 aliphatic heterocycles. The summed E-state index contributed by atoms with van der Waals surface area (Å²) in [6.45, 7) is 2.44. The van der Waals surface area contributed by atoms with Gasteiger partial charge in [0.05, 0.1) is 12.8 Å². The van der Waals surface area contributed by atoms with Gasteiger partial charge in [-0.1, -0.05) is 30.3 Å². The van der Waals surface area contributed by atoms with E-state index in [9.17, 15) is 4.79 Å². The highest BCUT2D eigenvalue weighted by molar-refractivity contribution is 5.69. The highest BCUT2D eigenvalue weighted by Crippen LogP contribution is 2.36. The highest BCUT2D eigenvalue weighted by Gasteiger charge is 2.36. The molecule has 1 fully saturated rings. The maximum atomic E-state index is 11.5. The molecular weight excluding hydrogens is 414 g/mol. The van der Waals surface area contributed by atoms with Crippen molar-refractivity contribution >= 4 is 5.97 Å². The van der Waals surface area contributed by atoms with Crippen molar-refractivity contribution in [2.24, 2.45) is 5.92 Å². The number of hydrogen-bond acceptors (Lipinski definition) is 6. The molecule has 2 aromatic carbocycles. The number of nitrogens with zero attached hydrogens (tertiary/aromatic N) is 3. The minimum absolute atomic E-state index is 0.0980. The molecule has 0 N–H and O–H groups in total. The van der Waals surface area contributed by atoms with Crippen LogP contribution in [0.1, 0.15) is 36.1 Å². The minimum Gasteiger partial charge on any atom is -0.489 e. The third-order valence-corrected chi connectivity index (χ3v) is 6.73. The third kappa shape index (κ3) is 5.06. The first-order chi connectivity index (χ1) is 16.2. The van der Waals surface area contributed by atoms with E-state index in [2.05, 4.69) is 22.0 Å². The number of ether oxygens (including phenoxy) is 2. The van der Waals surface area contributed by atoms with Crippen molar-refractivity contribution < 1.29 is 14.3 Å². The van der Waals surface area contributed by atoms with Crippen LogP contribution in [0.5, 0.6) is 5.75 Å². The van der Waals surface area contributed by atoms with Gasteiger partial charge in [0.25, 0.3) is 0 Å². The van der Waals surface area contributed by atoms with Crippen molar-refractivity contribution in [2.75, 3.05) is 13.7 Å². The number of hydrogen-bond donors (Lipinski definition) is 0. The number of rotatable bonds is 7. The van der Waals surface area contributed by atoms with E-state index in [-0.39, 0.29) is 5.97 Å². The molecule has 33 heavy (non-hydrogen) atoms. The monoisotopic (exact) mass is 443 g/mol. The standard InChI is InChI=1S/C27H29N3O3/c1-32-26(31)15-20-13-23(14-20)30-12-11-25-22(17-30)16-28-27(29-25)21-7-9-24(10-8-21)33-18-19-5-3-2-4-6-19/h2-10,16,20,23H,11-15,17-18H2,1H3. The van der Waals surface area contributed by atoms with Gasteiger partial charge < -0.3 is 9.47 Å². The molecule has 5 rings (SSSR count). The lowest BCUT2D eigenvalue weighted by molar-refractivity contribution is -0.143. The minimum atomic E-state index is -0.0980. The Labute approximate surface area is 194 Å². The summed E-state index contributed by atoms with van der Waals surface area (Å²) >= 11 is 0. The van der Waals surface area contributed by atoms with E-state index in [1.54, 1.807) is 0 Å². The molecule has 0 bridgehead atoms. The van der Waals surface area contributed by atoms with Crippen molar-refractivity contribution in [3.8, 4) is 17.1 Å². The number of esters is 1. The van der Waals surface area contributed by atoms with Gasteiger partial charge in [-0.3, -0.25) is 9.69 Å². The van der Waals surface area contributed by atoms with Gasteiger partial charge in [0.15, 0.2) is 5.82 Å². The number of benzene rings is 2. The summed E-state index contributed by atoms with van der Waals surface area (Å²) in [5, 5.41) is 0. The third-order valence-electron chi connectivity index (χ3n) is 6.73. The molecule has 2 heterocycles. The van der Waals surface area contributed by atoms with E-state index >= 15 is 0 Å². The van der Waals surface area contributed by atoms with Crippen LogP contribution in [0.25, 0.3) is 11.4 Å². The summed E-state index contributed by atoms with van der Waals surface area (Å²) in [7, 11) is 1.46. The van der Waals surface area contributed by atoms with Gasteiger partial charge in [0.2, 0.25) is 0 Å². The van der Waals surface area contributed by atoms with Gasteiger partial charge in [-0.05, 0) is 48.6 Å². The van der Waals surface area contributed by atoms with Crippen LogP contribution in [0.3, 0.4) is 0 Å². The Kier molecular flexibility index (Phi) is 6.35. The van der Waals surface area contributed by atoms with Gasteiger partial charge in [0, 0.05) is 49.3 Å². The Balaban J connectivity index is 1.17. The molecule has 0 spiro atoms. The summed E-state index contributed by atoms with van der Waals surface area (Å²) in [6.07, 6.45) is 5.60. The average Bonchev–Trinajstić information content (AvgIpc) is 2.85. The summed E-state index contributed by atoms with van der Waals surface area (Å²) in [5.41, 5.74) is 4.50. The highest BCUT2D eigenvalue weighted by atomic mass is 16.5. The van der Waals surface area contributed by atoms with Crippen molar-refractivity contribution in [3.63, 3.8) is 0 Å². The van der Waals surface area contributed by atoms with Crippen LogP contribution < -0.4 is 4.74 Å². The molecule has 0 radical (unpaired) electrons. The molecule has 1 aliphatic carbocycles. The Hall–Kier alpha value is -3.25. The average molecular weight is 444 g/mol. The Morgan fingerprint density at radius 2 is 1.88 bits per heavy atom. The van der Waals surface area contributed by atoms with Crippen LogP contribution in [0.2, 0.25) is 0 Å². The van der Waals surface area contributed by atoms with E-state index in [1.165, 1.54) is 12.7 Å². The van der Waals surface area contributed by atoms with Gasteiger partial charge in [-0.25, -0.2) is 9.97 Å². The first-order valence-corrected chi connectivity index (χ1v) is 11.6. The van der Waals surface area contributed by atoms with E-state index in [4.69, 9.17) is 14.5 Å². The maximum Gasteiger partial charge on any atom is 0.305 e. The smallest absolute Gasteiger partial charge is 0.305 e. The molecule has 6 nitrogen and oxygen atoms in total. The molecule has 2 aliphatic rings. The van der Waals surface area contributed by atoms with E-state index in [0.29, 0.717) is 25.0 Å². The van der Waals surface area contributed by atoms with Crippen molar-refractivity contribution in [1.82, 2.24) is 14.9 Å². The number of fused-ring (bicyclic) bond motifs is 1. The molecule has 0 unspecified atom stereocenters. The zero-order valence-corrected chi connectivity index (χ0v) is 18.9. The number of carbonyl (C=O) groups excluding carboxylic acids is 1. The van der Waals surface area contributed by atoms with Crippen LogP contribution in [0.4, 0.5) is 0 Å². The van der Waals surface area contributed by atoms with E-state index < -0.39 is 0 Å². The van der Waals surface area contributed by atoms with Crippen LogP contribution in [-0.4, -0.2) is 40.5 Å². The van der Waals surface area contributed by atoms with Crippen molar-refractivity contribution in [1.29, 1.82) is 0 Å². The van der Waals surface area contributed by atoms with E-state index in [1.807, 2.05) is 48.7 Å². The lowest BCUT2D eigenvalue weighted by Crippen LogP contribution is -2.47. The summed E-state index contributed by atoms with van der Waals surface area (Å²) in [5.74, 6) is 1.96. The first kappa shape index (κ1) is 21.6. The fraction of sp³-hybridized carbons (Fsp3) is 0.370. The molecule has 1 aromatic heterocycles. The van der Waals surface area contributed by atoms with Gasteiger partial charge in [0.1, 0.15) is 12.4 Å². The lowest BCUT2D eigenvalue weighted by atomic mass is 9.77. The first-order valence-electron chi connectivity index (χ1n) is 11.6. The van der Waals surface area contributed by atoms with Gasteiger partial charge in [-0.15, -0.1) is 0 Å². The van der Waals surface area contributed by atoms with Gasteiger partial charge in [-0.2, -0.15) is 0 Å². The summed E-state index contributed by atoms with van der Waals surface area (Å²) in [6, 6.07) is 18.7. The Morgan fingerprint density at radius 3 is 2.64 bits per heavy atom. The molecule has 170 valence electrons. The molecule has 3 aromatic rings. The summed E-state index contributed by atoms with van der Waals surface area (Å²) < 4.78 is 10.7. The van der Waals surface area contributed by atoms with Crippen LogP contribution >= 0.6 is 0 Å². The van der Waals surface area contributed by atoms with E-state index in [0.717, 1.165) is 60.7 Å². The Morgan fingerprint density at radius 1 is 1.09 bits per heavy atom. The largest absolute Gasteiger partial charge is 0.489 e. The predicted octanol–water partition coefficient (Wildman–Crippen LogP) is 4.42. The van der Waals surface area contributed by atoms with Crippen molar-refractivity contribution in [2.45, 2.75) is 44.9 Å². The zero-order chi connectivity index (χ0) is 22.6. The summed E-state index contributed by atoms with van der Waals surface area (Å²) in [4.78, 5) is 23.5. The predicted molar refractivity (Wildman–Crippen MR) is 126 cm³/mol. The van der Waals surface area contributed by atoms with Crippen LogP contribution in [0.15, 0.2) is 60.8 Å². The van der Waals surface area contributed by atoms with Crippen LogP contribution in [0, 0.1) is 5.92 Å². The molecule has 6 heteroatoms. The molecule has 0 saturated heterocycles. The molecular formula is C27H29N3O3. The number of carbonyl (C=O) groups is 1. The topological polar surface area (TPSA) is 64.5 Å². The Bertz CT molecular complexity index is 1100. The van der Waals surface area contributed by atoms with Crippen molar-refractivity contribution in [3.05, 3.63) is 77.6 Å². The number of methoxy groups -OCH3 is 1. The fourth-order valence-corrected chi connectivity index (χ4v) is 4.71. The maximum absolute atomic E-state index is 11.5. The number of aromatic nitrogens is 2. The fourth-order valence-electron chi connectivity index (χ4n) is 4.71. The molecule has 0 atom stereocenters. The quantitative estimate of drug-likeness (QED) is 0.504. The molecule has 0 amide bonds. The lowest BCUT2D eigenvalue weighted by Gasteiger charge is -2.44. The zero-order valence-electron chi connectivity index (χ0n) is 18.9. The molecule has 1 saturated carbocycles. The second kappa shape index (κ2) is 9.71. The van der Waals surface area contributed by atoms with Crippen LogP contribution in [-0.2, 0) is 29.1 Å². The normalized spacial score (nSPS) is 19.9. The second-order valence-corrected chi connectivity index (χ2v) is 8.96.